The van der Waals surface area contributed by atoms with Crippen LogP contribution in [0.4, 0.5) is 0 Å². The van der Waals surface area contributed by atoms with Crippen LogP contribution in [0.15, 0.2) is 66.2 Å². The molecule has 0 aliphatic carbocycles. The topological polar surface area (TPSA) is 49.7 Å². The van der Waals surface area contributed by atoms with Crippen LogP contribution in [0, 0.1) is 0 Å². The lowest BCUT2D eigenvalue weighted by Gasteiger charge is -2.12. The van der Waals surface area contributed by atoms with E-state index in [1.54, 1.807) is 48.5 Å². The molecule has 0 saturated carbocycles. The van der Waals surface area contributed by atoms with Gasteiger partial charge in [0.2, 0.25) is 0 Å². The molecule has 28 heavy (non-hydrogen) atoms. The summed E-state index contributed by atoms with van der Waals surface area (Å²) in [6.45, 7) is 4.36. The van der Waals surface area contributed by atoms with Crippen molar-refractivity contribution in [3.05, 3.63) is 76.3 Å². The highest BCUT2D eigenvalue weighted by Crippen LogP contribution is 2.40. The van der Waals surface area contributed by atoms with Gasteiger partial charge in [0.25, 0.3) is 0 Å². The molecule has 3 nitrogen and oxygen atoms in total. The predicted molar refractivity (Wildman–Crippen MR) is 116 cm³/mol. The number of phenolic OH excluding ortho intramolecular Hbond substituents is 2. The molecule has 0 aromatic heterocycles. The Morgan fingerprint density at radius 3 is 2.00 bits per heavy atom. The van der Waals surface area contributed by atoms with Crippen LogP contribution in [0.1, 0.15) is 13.8 Å². The highest BCUT2D eigenvalue weighted by molar-refractivity contribution is 6.37. The lowest BCUT2D eigenvalue weighted by Crippen LogP contribution is -1.94. The van der Waals surface area contributed by atoms with Crippen LogP contribution in [0.25, 0.3) is 22.3 Å². The molecule has 0 radical (unpaired) electrons. The third kappa shape index (κ3) is 4.61. The first-order valence-electron chi connectivity index (χ1n) is 8.73. The van der Waals surface area contributed by atoms with Crippen LogP contribution in [0.5, 0.6) is 17.2 Å². The molecule has 0 aliphatic heterocycles. The van der Waals surface area contributed by atoms with E-state index in [1.807, 2.05) is 26.0 Å². The third-order valence-corrected chi connectivity index (χ3v) is 4.86. The minimum absolute atomic E-state index is 0.0365. The summed E-state index contributed by atoms with van der Waals surface area (Å²) in [6.07, 6.45) is 1.94. The van der Waals surface area contributed by atoms with Crippen LogP contribution in [0.2, 0.25) is 10.0 Å². The Labute approximate surface area is 174 Å². The summed E-state index contributed by atoms with van der Waals surface area (Å²) in [6, 6.07) is 15.4. The summed E-state index contributed by atoms with van der Waals surface area (Å²) in [5.74, 6) is 0.628. The fourth-order valence-electron chi connectivity index (χ4n) is 2.74. The predicted octanol–water partition coefficient (Wildman–Crippen LogP) is 7.08. The van der Waals surface area contributed by atoms with Gasteiger partial charge in [-0.15, -0.1) is 0 Å². The quantitative estimate of drug-likeness (QED) is 0.438. The maximum absolute atomic E-state index is 10.3. The summed E-state index contributed by atoms with van der Waals surface area (Å²) in [4.78, 5) is 0. The first-order chi connectivity index (χ1) is 13.3. The van der Waals surface area contributed by atoms with Gasteiger partial charge in [-0.05, 0) is 67.4 Å². The van der Waals surface area contributed by atoms with Crippen LogP contribution < -0.4 is 4.74 Å². The highest BCUT2D eigenvalue weighted by Gasteiger charge is 2.13. The Morgan fingerprint density at radius 1 is 0.857 bits per heavy atom. The average Bonchev–Trinajstić information content (AvgIpc) is 2.65. The van der Waals surface area contributed by atoms with Gasteiger partial charge in [-0.2, -0.15) is 0 Å². The number of hydrogen-bond donors (Lipinski definition) is 2. The number of hydrogen-bond acceptors (Lipinski definition) is 3. The molecule has 3 rings (SSSR count). The number of aromatic hydroxyl groups is 2. The van der Waals surface area contributed by atoms with E-state index in [9.17, 15) is 10.2 Å². The molecule has 0 aliphatic rings. The van der Waals surface area contributed by atoms with Crippen molar-refractivity contribution in [1.29, 1.82) is 0 Å². The SMILES string of the molecule is CC(C)=CCOc1ccc(-c2cc(Cl)c(-c3ccc(O)cc3)cc2Cl)cc1O. The maximum Gasteiger partial charge on any atom is 0.161 e. The van der Waals surface area contributed by atoms with Gasteiger partial charge in [0, 0.05) is 21.2 Å². The normalized spacial score (nSPS) is 10.6. The average molecular weight is 415 g/mol. The van der Waals surface area contributed by atoms with E-state index in [4.69, 9.17) is 27.9 Å². The van der Waals surface area contributed by atoms with Crippen LogP contribution in [0.3, 0.4) is 0 Å². The van der Waals surface area contributed by atoms with Crippen molar-refractivity contribution in [3.8, 4) is 39.5 Å². The van der Waals surface area contributed by atoms with Crippen molar-refractivity contribution in [2.75, 3.05) is 6.61 Å². The van der Waals surface area contributed by atoms with Gasteiger partial charge in [0.15, 0.2) is 11.5 Å². The van der Waals surface area contributed by atoms with E-state index in [0.717, 1.165) is 22.3 Å². The number of halogens is 2. The molecule has 144 valence electrons. The zero-order valence-electron chi connectivity index (χ0n) is 15.5. The number of benzene rings is 3. The summed E-state index contributed by atoms with van der Waals surface area (Å²) in [7, 11) is 0. The van der Waals surface area contributed by atoms with Crippen molar-refractivity contribution < 1.29 is 14.9 Å². The first kappa shape index (κ1) is 20.1. The lowest BCUT2D eigenvalue weighted by molar-refractivity contribution is 0.335. The van der Waals surface area contributed by atoms with Gasteiger partial charge in [0.1, 0.15) is 12.4 Å². The minimum Gasteiger partial charge on any atom is -0.508 e. The number of rotatable bonds is 5. The molecule has 2 N–H and O–H groups in total. The Hall–Kier alpha value is -2.62. The van der Waals surface area contributed by atoms with E-state index < -0.39 is 0 Å². The number of phenols is 2. The number of allylic oxidation sites excluding steroid dienone is 1. The fourth-order valence-corrected chi connectivity index (χ4v) is 3.28. The van der Waals surface area contributed by atoms with Crippen molar-refractivity contribution in [2.45, 2.75) is 13.8 Å². The number of ether oxygens (including phenoxy) is 1. The summed E-state index contributed by atoms with van der Waals surface area (Å²) in [5, 5.41) is 20.8. The summed E-state index contributed by atoms with van der Waals surface area (Å²) < 4.78 is 5.57. The van der Waals surface area contributed by atoms with Crippen molar-refractivity contribution in [2.24, 2.45) is 0 Å². The molecule has 0 unspecified atom stereocenters. The molecule has 0 spiro atoms. The van der Waals surface area contributed by atoms with E-state index >= 15 is 0 Å². The van der Waals surface area contributed by atoms with Crippen molar-refractivity contribution in [1.82, 2.24) is 0 Å². The third-order valence-electron chi connectivity index (χ3n) is 4.24. The van der Waals surface area contributed by atoms with Gasteiger partial charge in [-0.25, -0.2) is 0 Å². The second-order valence-corrected chi connectivity index (χ2v) is 7.45. The zero-order chi connectivity index (χ0) is 20.3. The summed E-state index contributed by atoms with van der Waals surface area (Å²) >= 11 is 13.0. The molecule has 0 atom stereocenters. The van der Waals surface area contributed by atoms with Crippen LogP contribution in [-0.2, 0) is 0 Å². The van der Waals surface area contributed by atoms with Crippen molar-refractivity contribution in [3.63, 3.8) is 0 Å². The molecular weight excluding hydrogens is 395 g/mol. The Morgan fingerprint density at radius 2 is 1.43 bits per heavy atom. The highest BCUT2D eigenvalue weighted by atomic mass is 35.5. The second kappa shape index (κ2) is 8.59. The van der Waals surface area contributed by atoms with Gasteiger partial charge in [-0.1, -0.05) is 47.0 Å². The van der Waals surface area contributed by atoms with E-state index in [2.05, 4.69) is 0 Å². The van der Waals surface area contributed by atoms with Crippen molar-refractivity contribution >= 4 is 23.2 Å². The second-order valence-electron chi connectivity index (χ2n) is 6.63. The van der Waals surface area contributed by atoms with E-state index in [0.29, 0.717) is 28.0 Å². The molecule has 3 aromatic rings. The minimum atomic E-state index is 0.0365. The Bertz CT molecular complexity index is 1020. The fraction of sp³-hybridized carbons (Fsp3) is 0.130. The Balaban J connectivity index is 1.91. The molecular formula is C23H20Cl2O3. The molecule has 0 saturated heterocycles. The Kier molecular flexibility index (Phi) is 6.18. The largest absolute Gasteiger partial charge is 0.508 e. The van der Waals surface area contributed by atoms with Gasteiger partial charge >= 0.3 is 0 Å². The zero-order valence-corrected chi connectivity index (χ0v) is 17.1. The standard InChI is InChI=1S/C23H20Cl2O3/c1-14(2)9-10-28-23-8-5-16(11-22(23)27)19-13-20(24)18(12-21(19)25)15-3-6-17(26)7-4-15/h3-9,11-13,26-27H,10H2,1-2H3. The molecule has 0 bridgehead atoms. The summed E-state index contributed by atoms with van der Waals surface area (Å²) in [5.41, 5.74) is 4.20. The molecule has 0 fully saturated rings. The molecule has 0 amide bonds. The van der Waals surface area contributed by atoms with Gasteiger partial charge in [0.05, 0.1) is 0 Å². The van der Waals surface area contributed by atoms with Crippen LogP contribution >= 0.6 is 23.2 Å². The molecule has 3 aromatic carbocycles. The monoisotopic (exact) mass is 414 g/mol. The molecule has 0 heterocycles. The first-order valence-corrected chi connectivity index (χ1v) is 9.48. The van der Waals surface area contributed by atoms with Crippen LogP contribution in [-0.4, -0.2) is 16.8 Å². The smallest absolute Gasteiger partial charge is 0.161 e. The van der Waals surface area contributed by atoms with E-state index in [-0.39, 0.29) is 11.5 Å². The van der Waals surface area contributed by atoms with Gasteiger partial charge in [-0.3, -0.25) is 0 Å². The van der Waals surface area contributed by atoms with Gasteiger partial charge < -0.3 is 14.9 Å². The lowest BCUT2D eigenvalue weighted by atomic mass is 9.99. The molecule has 5 heteroatoms. The maximum atomic E-state index is 10.3. The van der Waals surface area contributed by atoms with E-state index in [1.165, 1.54) is 0 Å².